The van der Waals surface area contributed by atoms with Gasteiger partial charge < -0.3 is 9.64 Å². The predicted octanol–water partition coefficient (Wildman–Crippen LogP) is 1.07. The summed E-state index contributed by atoms with van der Waals surface area (Å²) < 4.78 is 21.9. The molecule has 2 aliphatic rings. The molecule has 25 heavy (non-hydrogen) atoms. The third kappa shape index (κ3) is 2.38. The molecule has 2 aliphatic heterocycles. The van der Waals surface area contributed by atoms with Gasteiger partial charge in [-0.2, -0.15) is 4.98 Å². The number of piperazine rings is 1. The number of aromatic nitrogens is 3. The Bertz CT molecular complexity index is 912. The summed E-state index contributed by atoms with van der Waals surface area (Å²) in [7, 11) is 3.69. The molecule has 2 unspecified atom stereocenters. The number of anilines is 1. The van der Waals surface area contributed by atoms with Gasteiger partial charge in [-0.05, 0) is 20.9 Å². The van der Waals surface area contributed by atoms with Crippen LogP contribution >= 0.6 is 0 Å². The Labute approximate surface area is 145 Å². The van der Waals surface area contributed by atoms with Crippen LogP contribution in [0.5, 0.6) is 5.75 Å². The first-order valence-corrected chi connectivity index (χ1v) is 8.55. The Morgan fingerprint density at radius 3 is 2.76 bits per heavy atom. The van der Waals surface area contributed by atoms with Crippen molar-refractivity contribution in [3.8, 4) is 5.75 Å². The van der Waals surface area contributed by atoms with Crippen molar-refractivity contribution in [1.82, 2.24) is 19.4 Å². The standard InChI is InChI=1S/C17H22FN5O2/c1-9-7-23-11(8-21(9)3)5-6-25-14-12-15(19-10(2)13(14)18)22(4)17(24)20-16(12)23/h9,11H,5-8H2,1-4H3. The van der Waals surface area contributed by atoms with E-state index < -0.39 is 11.5 Å². The summed E-state index contributed by atoms with van der Waals surface area (Å²) in [5.41, 5.74) is 0.243. The lowest BCUT2D eigenvalue weighted by Gasteiger charge is -2.45. The van der Waals surface area contributed by atoms with Gasteiger partial charge in [-0.25, -0.2) is 14.2 Å². The number of halogens is 1. The van der Waals surface area contributed by atoms with Crippen molar-refractivity contribution in [2.45, 2.75) is 32.4 Å². The molecule has 0 saturated carbocycles. The number of likely N-dealkylation sites (N-methyl/N-ethyl adjacent to an activating group) is 1. The van der Waals surface area contributed by atoms with Crippen LogP contribution in [0.2, 0.25) is 0 Å². The molecule has 0 aromatic carbocycles. The third-order valence-corrected chi connectivity index (χ3v) is 5.39. The fourth-order valence-corrected chi connectivity index (χ4v) is 3.73. The first kappa shape index (κ1) is 16.3. The van der Waals surface area contributed by atoms with Crippen LogP contribution in [0.4, 0.5) is 10.2 Å². The van der Waals surface area contributed by atoms with Crippen molar-refractivity contribution in [2.75, 3.05) is 31.6 Å². The lowest BCUT2D eigenvalue weighted by molar-refractivity contribution is 0.177. The van der Waals surface area contributed by atoms with E-state index in [1.165, 1.54) is 4.57 Å². The fourth-order valence-electron chi connectivity index (χ4n) is 3.73. The highest BCUT2D eigenvalue weighted by Crippen LogP contribution is 2.38. The summed E-state index contributed by atoms with van der Waals surface area (Å²) >= 11 is 0. The van der Waals surface area contributed by atoms with Crippen molar-refractivity contribution in [2.24, 2.45) is 7.05 Å². The van der Waals surface area contributed by atoms with Crippen LogP contribution in [-0.2, 0) is 7.05 Å². The van der Waals surface area contributed by atoms with Gasteiger partial charge in [-0.15, -0.1) is 0 Å². The zero-order valence-corrected chi connectivity index (χ0v) is 14.9. The maximum atomic E-state index is 14.7. The smallest absolute Gasteiger partial charge is 0.350 e. The molecule has 0 aliphatic carbocycles. The van der Waals surface area contributed by atoms with Crippen molar-refractivity contribution in [1.29, 1.82) is 0 Å². The number of hydrogen-bond acceptors (Lipinski definition) is 6. The van der Waals surface area contributed by atoms with Crippen LogP contribution in [0.25, 0.3) is 11.0 Å². The molecule has 0 amide bonds. The van der Waals surface area contributed by atoms with Crippen LogP contribution in [0, 0.1) is 12.7 Å². The van der Waals surface area contributed by atoms with E-state index in [0.29, 0.717) is 29.5 Å². The molecular formula is C17H22FN5O2. The highest BCUT2D eigenvalue weighted by Gasteiger charge is 2.35. The average Bonchev–Trinajstić information content (AvgIpc) is 2.56. The van der Waals surface area contributed by atoms with Gasteiger partial charge >= 0.3 is 5.69 Å². The topological polar surface area (TPSA) is 63.5 Å². The van der Waals surface area contributed by atoms with Crippen LogP contribution in [0.3, 0.4) is 0 Å². The SMILES string of the molecule is Cc1nc2c3c(nc(=O)n2C)N2CC(C)N(C)CC2CCOc3c1F. The molecule has 2 aromatic heterocycles. The molecule has 4 heterocycles. The maximum absolute atomic E-state index is 14.7. The Morgan fingerprint density at radius 2 is 2.00 bits per heavy atom. The summed E-state index contributed by atoms with van der Waals surface area (Å²) in [6, 6.07) is 0.478. The maximum Gasteiger partial charge on any atom is 0.350 e. The summed E-state index contributed by atoms with van der Waals surface area (Å²) in [6.45, 7) is 5.71. The largest absolute Gasteiger partial charge is 0.489 e. The molecule has 2 atom stereocenters. The average molecular weight is 347 g/mol. The molecule has 2 aromatic rings. The number of hydrogen-bond donors (Lipinski definition) is 0. The zero-order valence-electron chi connectivity index (χ0n) is 14.9. The minimum atomic E-state index is -0.477. The summed E-state index contributed by atoms with van der Waals surface area (Å²) in [5.74, 6) is 0.171. The number of pyridine rings is 1. The minimum absolute atomic E-state index is 0.158. The second-order valence-corrected chi connectivity index (χ2v) is 7.05. The highest BCUT2D eigenvalue weighted by molar-refractivity contribution is 5.93. The summed E-state index contributed by atoms with van der Waals surface area (Å²) in [4.78, 5) is 25.4. The highest BCUT2D eigenvalue weighted by atomic mass is 19.1. The number of aryl methyl sites for hydroxylation is 2. The molecule has 0 N–H and O–H groups in total. The van der Waals surface area contributed by atoms with Gasteiger partial charge in [0.25, 0.3) is 0 Å². The van der Waals surface area contributed by atoms with Gasteiger partial charge in [0.15, 0.2) is 17.2 Å². The van der Waals surface area contributed by atoms with Crippen molar-refractivity contribution in [3.63, 3.8) is 0 Å². The van der Waals surface area contributed by atoms with Gasteiger partial charge in [0.05, 0.1) is 12.3 Å². The Balaban J connectivity index is 2.05. The first-order chi connectivity index (χ1) is 11.9. The van der Waals surface area contributed by atoms with Gasteiger partial charge in [0, 0.05) is 38.6 Å². The molecule has 4 rings (SSSR count). The van der Waals surface area contributed by atoms with Gasteiger partial charge in [0.1, 0.15) is 11.2 Å². The molecule has 0 spiro atoms. The van der Waals surface area contributed by atoms with Gasteiger partial charge in [-0.3, -0.25) is 9.47 Å². The van der Waals surface area contributed by atoms with E-state index >= 15 is 0 Å². The fraction of sp³-hybridized carbons (Fsp3) is 0.588. The minimum Gasteiger partial charge on any atom is -0.489 e. The Hall–Kier alpha value is -2.22. The van der Waals surface area contributed by atoms with E-state index in [4.69, 9.17) is 4.74 Å². The van der Waals surface area contributed by atoms with E-state index in [0.717, 1.165) is 19.5 Å². The molecule has 1 fully saturated rings. The number of ether oxygens (including phenoxy) is 1. The molecule has 7 nitrogen and oxygen atoms in total. The molecular weight excluding hydrogens is 325 g/mol. The lowest BCUT2D eigenvalue weighted by Crippen LogP contribution is -2.57. The van der Waals surface area contributed by atoms with Crippen molar-refractivity contribution < 1.29 is 9.13 Å². The third-order valence-electron chi connectivity index (χ3n) is 5.39. The van der Waals surface area contributed by atoms with E-state index in [1.54, 1.807) is 14.0 Å². The van der Waals surface area contributed by atoms with E-state index in [9.17, 15) is 9.18 Å². The van der Waals surface area contributed by atoms with Crippen LogP contribution in [0.1, 0.15) is 19.0 Å². The summed E-state index contributed by atoms with van der Waals surface area (Å²) in [5, 5.41) is 0.492. The van der Waals surface area contributed by atoms with E-state index in [2.05, 4.69) is 33.7 Å². The lowest BCUT2D eigenvalue weighted by atomic mass is 10.0. The zero-order chi connectivity index (χ0) is 17.9. The second kappa shape index (κ2) is 5.66. The molecule has 1 saturated heterocycles. The molecule has 8 heteroatoms. The predicted molar refractivity (Wildman–Crippen MR) is 92.8 cm³/mol. The van der Waals surface area contributed by atoms with Crippen LogP contribution < -0.4 is 15.3 Å². The second-order valence-electron chi connectivity index (χ2n) is 7.05. The van der Waals surface area contributed by atoms with Gasteiger partial charge in [0.2, 0.25) is 0 Å². The van der Waals surface area contributed by atoms with Gasteiger partial charge in [-0.1, -0.05) is 0 Å². The normalized spacial score (nSPS) is 23.8. The van der Waals surface area contributed by atoms with E-state index in [-0.39, 0.29) is 17.5 Å². The Kier molecular flexibility index (Phi) is 3.68. The van der Waals surface area contributed by atoms with Crippen molar-refractivity contribution >= 4 is 16.9 Å². The number of fused-ring (bicyclic) bond motifs is 2. The monoisotopic (exact) mass is 347 g/mol. The number of rotatable bonds is 0. The first-order valence-electron chi connectivity index (χ1n) is 8.55. The van der Waals surface area contributed by atoms with Crippen LogP contribution in [-0.4, -0.2) is 58.3 Å². The van der Waals surface area contributed by atoms with E-state index in [1.807, 2.05) is 0 Å². The van der Waals surface area contributed by atoms with Crippen LogP contribution in [0.15, 0.2) is 4.79 Å². The molecule has 134 valence electrons. The number of nitrogens with zero attached hydrogens (tertiary/aromatic N) is 5. The molecule has 0 radical (unpaired) electrons. The van der Waals surface area contributed by atoms with Crippen molar-refractivity contribution in [3.05, 3.63) is 22.0 Å². The molecule has 0 bridgehead atoms. The Morgan fingerprint density at radius 1 is 1.24 bits per heavy atom. The quantitative estimate of drug-likeness (QED) is 0.710. The summed E-state index contributed by atoms with van der Waals surface area (Å²) in [6.07, 6.45) is 0.746.